The highest BCUT2D eigenvalue weighted by atomic mass is 19.1. The summed E-state index contributed by atoms with van der Waals surface area (Å²) in [7, 11) is 2.13. The predicted molar refractivity (Wildman–Crippen MR) is 103 cm³/mol. The molecule has 0 aromatic carbocycles. The van der Waals surface area contributed by atoms with E-state index in [1.54, 1.807) is 4.57 Å². The summed E-state index contributed by atoms with van der Waals surface area (Å²) in [6.07, 6.45) is 6.42. The minimum Gasteiger partial charge on any atom is -0.477 e. The van der Waals surface area contributed by atoms with Gasteiger partial charge >= 0.3 is 5.97 Å². The van der Waals surface area contributed by atoms with Gasteiger partial charge in [0, 0.05) is 37.4 Å². The van der Waals surface area contributed by atoms with Crippen molar-refractivity contribution in [2.45, 2.75) is 50.2 Å². The molecular weight excluding hydrogens is 363 g/mol. The number of aromatic carboxylic acids is 1. The third-order valence-corrected chi connectivity index (χ3v) is 6.56. The van der Waals surface area contributed by atoms with Crippen LogP contribution in [0.25, 0.3) is 11.0 Å². The van der Waals surface area contributed by atoms with Crippen LogP contribution in [0, 0.1) is 5.82 Å². The van der Waals surface area contributed by atoms with Crippen LogP contribution in [0.3, 0.4) is 0 Å². The number of fused-ring (bicyclic) bond motifs is 3. The fourth-order valence-corrected chi connectivity index (χ4v) is 4.74. The third-order valence-electron chi connectivity index (χ3n) is 6.56. The Morgan fingerprint density at radius 2 is 1.89 bits per heavy atom. The van der Waals surface area contributed by atoms with Gasteiger partial charge < -0.3 is 14.6 Å². The molecule has 3 aliphatic rings. The largest absolute Gasteiger partial charge is 0.477 e. The molecule has 0 unspecified atom stereocenters. The Bertz CT molecular complexity index is 1030. The summed E-state index contributed by atoms with van der Waals surface area (Å²) in [5.41, 5.74) is -0.620. The molecule has 0 spiro atoms. The van der Waals surface area contributed by atoms with Gasteiger partial charge in [-0.1, -0.05) is 0 Å². The first kappa shape index (κ1) is 17.6. The van der Waals surface area contributed by atoms with Gasteiger partial charge in [-0.05, 0) is 45.2 Å². The van der Waals surface area contributed by atoms with Gasteiger partial charge in [-0.3, -0.25) is 9.69 Å². The lowest BCUT2D eigenvalue weighted by atomic mass is 10.1. The van der Waals surface area contributed by atoms with E-state index in [-0.39, 0.29) is 22.8 Å². The van der Waals surface area contributed by atoms with E-state index in [0.717, 1.165) is 32.2 Å². The second-order valence-electron chi connectivity index (χ2n) is 8.27. The van der Waals surface area contributed by atoms with Gasteiger partial charge in [0.1, 0.15) is 11.2 Å². The number of pyridine rings is 2. The number of hydrogen-bond donors (Lipinski definition) is 1. The van der Waals surface area contributed by atoms with Gasteiger partial charge in [-0.15, -0.1) is 0 Å². The molecule has 2 bridgehead atoms. The maximum absolute atomic E-state index is 15.0. The Labute approximate surface area is 161 Å². The highest BCUT2D eigenvalue weighted by Crippen LogP contribution is 2.37. The van der Waals surface area contributed by atoms with E-state index in [0.29, 0.717) is 24.3 Å². The van der Waals surface area contributed by atoms with Crippen LogP contribution in [0.2, 0.25) is 0 Å². The Hall–Kier alpha value is -2.48. The van der Waals surface area contributed by atoms with Gasteiger partial charge in [0.2, 0.25) is 5.43 Å². The summed E-state index contributed by atoms with van der Waals surface area (Å²) in [6.45, 7) is 1.44. The summed E-state index contributed by atoms with van der Waals surface area (Å²) in [5, 5.41) is 9.40. The molecule has 7 nitrogen and oxygen atoms in total. The molecule has 2 atom stereocenters. The normalized spacial score (nSPS) is 25.3. The molecule has 1 aliphatic carbocycles. The van der Waals surface area contributed by atoms with Crippen LogP contribution in [0.5, 0.6) is 0 Å². The molecule has 2 aliphatic heterocycles. The summed E-state index contributed by atoms with van der Waals surface area (Å²) in [5.74, 6) is -1.59. The van der Waals surface area contributed by atoms with E-state index in [1.807, 2.05) is 4.90 Å². The summed E-state index contributed by atoms with van der Waals surface area (Å²) >= 11 is 0. The molecule has 4 heterocycles. The Morgan fingerprint density at radius 1 is 1.18 bits per heavy atom. The lowest BCUT2D eigenvalue weighted by molar-refractivity contribution is 0.0695. The SMILES string of the molecule is CN1[C@@H]2CC[C@H]1CN(c1nc3c(cc1F)c(=O)c(C(=O)O)cn3C1CC1)CC2. The molecule has 2 saturated heterocycles. The zero-order chi connectivity index (χ0) is 19.6. The first-order chi connectivity index (χ1) is 13.4. The number of anilines is 1. The molecule has 0 radical (unpaired) electrons. The maximum atomic E-state index is 15.0. The van der Waals surface area contributed by atoms with Crippen LogP contribution in [0.15, 0.2) is 17.1 Å². The highest BCUT2D eigenvalue weighted by Gasteiger charge is 2.36. The fourth-order valence-electron chi connectivity index (χ4n) is 4.74. The van der Waals surface area contributed by atoms with E-state index in [2.05, 4.69) is 16.9 Å². The quantitative estimate of drug-likeness (QED) is 0.872. The number of aromatic nitrogens is 2. The number of carboxylic acid groups (broad SMARTS) is 1. The van der Waals surface area contributed by atoms with Gasteiger partial charge in [-0.2, -0.15) is 0 Å². The van der Waals surface area contributed by atoms with Crippen molar-refractivity contribution in [3.05, 3.63) is 33.9 Å². The molecular formula is C20H23FN4O3. The molecule has 148 valence electrons. The lowest BCUT2D eigenvalue weighted by Gasteiger charge is -2.27. The van der Waals surface area contributed by atoms with E-state index in [9.17, 15) is 14.7 Å². The first-order valence-electron chi connectivity index (χ1n) is 9.89. The zero-order valence-corrected chi connectivity index (χ0v) is 15.8. The first-order valence-corrected chi connectivity index (χ1v) is 9.89. The standard InChI is InChI=1S/C20H23FN4O3/c1-23-11-2-5-13(23)9-24(7-6-11)19-16(21)8-14-17(26)15(20(27)28)10-25(12-3-4-12)18(14)22-19/h8,10-13H,2-7,9H2,1H3,(H,27,28)/t11-,13+/m1/s1. The molecule has 2 aromatic rings. The van der Waals surface area contributed by atoms with Crippen molar-refractivity contribution in [3.8, 4) is 0 Å². The Balaban J connectivity index is 1.64. The van der Waals surface area contributed by atoms with Crippen LogP contribution < -0.4 is 10.3 Å². The van der Waals surface area contributed by atoms with Crippen molar-refractivity contribution in [1.82, 2.24) is 14.5 Å². The van der Waals surface area contributed by atoms with Crippen LogP contribution in [-0.2, 0) is 0 Å². The number of likely N-dealkylation sites (N-methyl/N-ethyl adjacent to an activating group) is 1. The number of carboxylic acids is 1. The maximum Gasteiger partial charge on any atom is 0.341 e. The number of rotatable bonds is 3. The van der Waals surface area contributed by atoms with Crippen molar-refractivity contribution in [2.24, 2.45) is 0 Å². The highest BCUT2D eigenvalue weighted by molar-refractivity contribution is 5.92. The minimum atomic E-state index is -1.29. The molecule has 3 fully saturated rings. The Morgan fingerprint density at radius 3 is 2.61 bits per heavy atom. The van der Waals surface area contributed by atoms with Crippen LogP contribution in [-0.4, -0.2) is 57.7 Å². The molecule has 1 N–H and O–H groups in total. The lowest BCUT2D eigenvalue weighted by Crippen LogP contribution is -2.37. The molecule has 0 amide bonds. The smallest absolute Gasteiger partial charge is 0.341 e. The van der Waals surface area contributed by atoms with E-state index in [4.69, 9.17) is 0 Å². The molecule has 1 saturated carbocycles. The second kappa shape index (κ2) is 6.27. The molecule has 8 heteroatoms. The third kappa shape index (κ3) is 2.70. The number of hydrogen-bond acceptors (Lipinski definition) is 5. The van der Waals surface area contributed by atoms with Gasteiger partial charge in [0.25, 0.3) is 0 Å². The fraction of sp³-hybridized carbons (Fsp3) is 0.550. The topological polar surface area (TPSA) is 78.7 Å². The molecule has 2 aromatic heterocycles. The van der Waals surface area contributed by atoms with E-state index >= 15 is 4.39 Å². The average Bonchev–Trinajstić information content (AvgIpc) is 3.43. The van der Waals surface area contributed by atoms with Crippen molar-refractivity contribution in [3.63, 3.8) is 0 Å². The molecule has 28 heavy (non-hydrogen) atoms. The van der Waals surface area contributed by atoms with Crippen LogP contribution in [0.4, 0.5) is 10.2 Å². The second-order valence-corrected chi connectivity index (χ2v) is 8.27. The number of carbonyl (C=O) groups is 1. The zero-order valence-electron chi connectivity index (χ0n) is 15.8. The molecule has 5 rings (SSSR count). The van der Waals surface area contributed by atoms with Gasteiger partial charge in [-0.25, -0.2) is 14.2 Å². The predicted octanol–water partition coefficient (Wildman–Crippen LogP) is 2.24. The summed E-state index contributed by atoms with van der Waals surface area (Å²) in [6, 6.07) is 2.21. The van der Waals surface area contributed by atoms with Crippen molar-refractivity contribution >= 4 is 22.8 Å². The van der Waals surface area contributed by atoms with Gasteiger partial charge in [0.05, 0.1) is 5.39 Å². The van der Waals surface area contributed by atoms with Crippen molar-refractivity contribution in [1.29, 1.82) is 0 Å². The summed E-state index contributed by atoms with van der Waals surface area (Å²) < 4.78 is 16.8. The average molecular weight is 386 g/mol. The van der Waals surface area contributed by atoms with Crippen molar-refractivity contribution in [2.75, 3.05) is 25.0 Å². The van der Waals surface area contributed by atoms with E-state index < -0.39 is 17.2 Å². The van der Waals surface area contributed by atoms with E-state index in [1.165, 1.54) is 18.7 Å². The van der Waals surface area contributed by atoms with Gasteiger partial charge in [0.15, 0.2) is 11.6 Å². The monoisotopic (exact) mass is 386 g/mol. The van der Waals surface area contributed by atoms with Crippen LogP contribution >= 0.6 is 0 Å². The number of nitrogens with zero attached hydrogens (tertiary/aromatic N) is 4. The Kier molecular flexibility index (Phi) is 3.94. The number of halogens is 1. The minimum absolute atomic E-state index is 0.0431. The van der Waals surface area contributed by atoms with Crippen LogP contribution in [0.1, 0.15) is 48.5 Å². The summed E-state index contributed by atoms with van der Waals surface area (Å²) in [4.78, 5) is 33.0. The van der Waals surface area contributed by atoms with Crippen molar-refractivity contribution < 1.29 is 14.3 Å².